The Morgan fingerprint density at radius 2 is 2.00 bits per heavy atom. The number of amides is 1. The molecule has 0 aromatic heterocycles. The molecule has 0 saturated carbocycles. The second kappa shape index (κ2) is 6.37. The van der Waals surface area contributed by atoms with Crippen LogP contribution in [0.4, 0.5) is 10.1 Å². The number of carbonyl (C=O) groups excluding carboxylic acids is 1. The number of nitriles is 1. The highest BCUT2D eigenvalue weighted by Crippen LogP contribution is 2.30. The van der Waals surface area contributed by atoms with Crippen LogP contribution in [-0.2, 0) is 4.79 Å². The third-order valence-corrected chi connectivity index (χ3v) is 2.99. The predicted octanol–water partition coefficient (Wildman–Crippen LogP) is 4.21. The Kier molecular flexibility index (Phi) is 4.55. The van der Waals surface area contributed by atoms with E-state index >= 15 is 0 Å². The predicted molar refractivity (Wildman–Crippen MR) is 79.6 cm³/mol. The SMILES string of the molecule is CC(=O)Nc1ccc(Oc2cc(Br)cc(F)c2C#N)cc1. The van der Waals surface area contributed by atoms with Crippen molar-refractivity contribution in [3.63, 3.8) is 0 Å². The molecule has 21 heavy (non-hydrogen) atoms. The van der Waals surface area contributed by atoms with Gasteiger partial charge in [-0.1, -0.05) is 15.9 Å². The quantitative estimate of drug-likeness (QED) is 0.903. The van der Waals surface area contributed by atoms with Crippen LogP contribution < -0.4 is 10.1 Å². The summed E-state index contributed by atoms with van der Waals surface area (Å²) in [5, 5.41) is 11.6. The zero-order valence-electron chi connectivity index (χ0n) is 11.0. The van der Waals surface area contributed by atoms with Gasteiger partial charge >= 0.3 is 0 Å². The molecular formula is C15H10BrFN2O2. The normalized spacial score (nSPS) is 9.81. The molecule has 0 aliphatic carbocycles. The van der Waals surface area contributed by atoms with Crippen molar-refractivity contribution >= 4 is 27.5 Å². The van der Waals surface area contributed by atoms with E-state index in [4.69, 9.17) is 10.00 Å². The average Bonchev–Trinajstić information content (AvgIpc) is 2.40. The molecule has 2 aromatic carbocycles. The summed E-state index contributed by atoms with van der Waals surface area (Å²) < 4.78 is 19.6. The van der Waals surface area contributed by atoms with E-state index in [2.05, 4.69) is 21.2 Å². The minimum absolute atomic E-state index is 0.122. The number of ether oxygens (including phenoxy) is 1. The number of hydrogen-bond acceptors (Lipinski definition) is 3. The molecule has 0 unspecified atom stereocenters. The topological polar surface area (TPSA) is 62.1 Å². The Morgan fingerprint density at radius 1 is 1.33 bits per heavy atom. The van der Waals surface area contributed by atoms with Crippen molar-refractivity contribution in [3.8, 4) is 17.6 Å². The van der Waals surface area contributed by atoms with Crippen LogP contribution in [0.15, 0.2) is 40.9 Å². The summed E-state index contributed by atoms with van der Waals surface area (Å²) in [5.74, 6) is -0.281. The van der Waals surface area contributed by atoms with Crippen molar-refractivity contribution in [1.29, 1.82) is 5.26 Å². The lowest BCUT2D eigenvalue weighted by Gasteiger charge is -2.09. The number of rotatable bonds is 3. The van der Waals surface area contributed by atoms with Crippen molar-refractivity contribution in [2.24, 2.45) is 0 Å². The van der Waals surface area contributed by atoms with Gasteiger partial charge in [-0.15, -0.1) is 0 Å². The highest BCUT2D eigenvalue weighted by molar-refractivity contribution is 9.10. The van der Waals surface area contributed by atoms with E-state index in [1.807, 2.05) is 0 Å². The van der Waals surface area contributed by atoms with Crippen molar-refractivity contribution in [2.75, 3.05) is 5.32 Å². The third-order valence-electron chi connectivity index (χ3n) is 2.53. The molecule has 0 aliphatic rings. The molecule has 0 fully saturated rings. The molecule has 2 aromatic rings. The summed E-state index contributed by atoms with van der Waals surface area (Å²) in [6.07, 6.45) is 0. The molecule has 1 amide bonds. The molecule has 6 heteroatoms. The van der Waals surface area contributed by atoms with E-state index < -0.39 is 5.82 Å². The number of anilines is 1. The number of carbonyl (C=O) groups is 1. The van der Waals surface area contributed by atoms with Crippen LogP contribution in [-0.4, -0.2) is 5.91 Å². The van der Waals surface area contributed by atoms with Crippen molar-refractivity contribution < 1.29 is 13.9 Å². The molecule has 0 aliphatic heterocycles. The lowest BCUT2D eigenvalue weighted by Crippen LogP contribution is -2.05. The smallest absolute Gasteiger partial charge is 0.221 e. The van der Waals surface area contributed by atoms with Gasteiger partial charge in [-0.2, -0.15) is 5.26 Å². The fraction of sp³-hybridized carbons (Fsp3) is 0.0667. The Balaban J connectivity index is 2.26. The van der Waals surface area contributed by atoms with Gasteiger partial charge in [0.05, 0.1) is 0 Å². The molecule has 0 atom stereocenters. The summed E-state index contributed by atoms with van der Waals surface area (Å²) in [4.78, 5) is 10.9. The van der Waals surface area contributed by atoms with Gasteiger partial charge in [-0.05, 0) is 36.4 Å². The Bertz CT molecular complexity index is 724. The van der Waals surface area contributed by atoms with E-state index in [1.165, 1.54) is 19.1 Å². The maximum Gasteiger partial charge on any atom is 0.221 e. The van der Waals surface area contributed by atoms with Crippen LogP contribution in [0.25, 0.3) is 0 Å². The Hall–Kier alpha value is -2.39. The van der Waals surface area contributed by atoms with Crippen molar-refractivity contribution in [2.45, 2.75) is 6.92 Å². The van der Waals surface area contributed by atoms with Crippen LogP contribution >= 0.6 is 15.9 Å². The van der Waals surface area contributed by atoms with Gasteiger partial charge in [0.25, 0.3) is 0 Å². The van der Waals surface area contributed by atoms with E-state index in [0.29, 0.717) is 15.9 Å². The molecule has 1 N–H and O–H groups in total. The first kappa shape index (κ1) is 15.0. The molecule has 0 bridgehead atoms. The lowest BCUT2D eigenvalue weighted by molar-refractivity contribution is -0.114. The zero-order valence-corrected chi connectivity index (χ0v) is 12.6. The van der Waals surface area contributed by atoms with Crippen LogP contribution in [0.5, 0.6) is 11.5 Å². The Morgan fingerprint density at radius 3 is 2.57 bits per heavy atom. The molecule has 0 heterocycles. The van der Waals surface area contributed by atoms with Gasteiger partial charge in [-0.3, -0.25) is 4.79 Å². The first-order chi connectivity index (χ1) is 9.99. The fourth-order valence-electron chi connectivity index (χ4n) is 1.68. The average molecular weight is 349 g/mol. The molecule has 106 valence electrons. The number of nitrogens with one attached hydrogen (secondary N) is 1. The highest BCUT2D eigenvalue weighted by Gasteiger charge is 2.12. The summed E-state index contributed by atoms with van der Waals surface area (Å²) in [5.41, 5.74) is 0.458. The van der Waals surface area contributed by atoms with Crippen LogP contribution in [0.2, 0.25) is 0 Å². The summed E-state index contributed by atoms with van der Waals surface area (Å²) >= 11 is 3.15. The number of halogens is 2. The lowest BCUT2D eigenvalue weighted by atomic mass is 10.2. The number of benzene rings is 2. The summed E-state index contributed by atoms with van der Waals surface area (Å²) in [7, 11) is 0. The Labute approximate surface area is 129 Å². The van der Waals surface area contributed by atoms with Crippen LogP contribution in [0.3, 0.4) is 0 Å². The molecule has 0 spiro atoms. The molecule has 4 nitrogen and oxygen atoms in total. The van der Waals surface area contributed by atoms with Gasteiger partial charge in [0.15, 0.2) is 0 Å². The van der Waals surface area contributed by atoms with Crippen LogP contribution in [0.1, 0.15) is 12.5 Å². The minimum atomic E-state index is -0.656. The van der Waals surface area contributed by atoms with Gasteiger partial charge in [0, 0.05) is 17.1 Å². The largest absolute Gasteiger partial charge is 0.456 e. The molecule has 0 radical (unpaired) electrons. The maximum atomic E-state index is 13.6. The van der Waals surface area contributed by atoms with Gasteiger partial charge in [0.1, 0.15) is 28.9 Å². The standard InChI is InChI=1S/C15H10BrFN2O2/c1-9(20)19-11-2-4-12(5-3-11)21-15-7-10(16)6-14(17)13(15)8-18/h2-7H,1H3,(H,19,20). The molecule has 2 rings (SSSR count). The summed E-state index contributed by atoms with van der Waals surface area (Å²) in [6, 6.07) is 11.0. The second-order valence-corrected chi connectivity index (χ2v) is 5.10. The third kappa shape index (κ3) is 3.80. The highest BCUT2D eigenvalue weighted by atomic mass is 79.9. The van der Waals surface area contributed by atoms with E-state index in [1.54, 1.807) is 30.3 Å². The second-order valence-electron chi connectivity index (χ2n) is 4.18. The van der Waals surface area contributed by atoms with Gasteiger partial charge < -0.3 is 10.1 Å². The van der Waals surface area contributed by atoms with Gasteiger partial charge in [-0.25, -0.2) is 4.39 Å². The minimum Gasteiger partial charge on any atom is -0.456 e. The van der Waals surface area contributed by atoms with E-state index in [-0.39, 0.29) is 17.2 Å². The maximum absolute atomic E-state index is 13.6. The molecule has 0 saturated heterocycles. The van der Waals surface area contributed by atoms with Crippen LogP contribution in [0, 0.1) is 17.1 Å². The van der Waals surface area contributed by atoms with Crippen molar-refractivity contribution in [3.05, 3.63) is 52.3 Å². The van der Waals surface area contributed by atoms with E-state index in [0.717, 1.165) is 0 Å². The number of nitrogens with zero attached hydrogens (tertiary/aromatic N) is 1. The first-order valence-corrected chi connectivity index (χ1v) is 6.73. The number of hydrogen-bond donors (Lipinski definition) is 1. The summed E-state index contributed by atoms with van der Waals surface area (Å²) in [6.45, 7) is 1.41. The molecular weight excluding hydrogens is 339 g/mol. The zero-order chi connectivity index (χ0) is 15.4. The van der Waals surface area contributed by atoms with Crippen molar-refractivity contribution in [1.82, 2.24) is 0 Å². The van der Waals surface area contributed by atoms with E-state index in [9.17, 15) is 9.18 Å². The monoisotopic (exact) mass is 348 g/mol. The van der Waals surface area contributed by atoms with Gasteiger partial charge in [0.2, 0.25) is 5.91 Å². The first-order valence-electron chi connectivity index (χ1n) is 5.94. The fourth-order valence-corrected chi connectivity index (χ4v) is 2.08.